The number of ether oxygens (including phenoxy) is 1. The predicted octanol–water partition coefficient (Wildman–Crippen LogP) is 3.62. The molecule has 1 aromatic carbocycles. The summed E-state index contributed by atoms with van der Waals surface area (Å²) in [6, 6.07) is 10.2. The van der Waals surface area contributed by atoms with Gasteiger partial charge in [0.05, 0.1) is 5.56 Å². The molecular formula is C17H16F3N5O. The minimum atomic E-state index is -4.49. The molecule has 3 aromatic rings. The second kappa shape index (κ2) is 6.66. The van der Waals surface area contributed by atoms with E-state index in [-0.39, 0.29) is 17.3 Å². The van der Waals surface area contributed by atoms with E-state index >= 15 is 0 Å². The number of rotatable bonds is 4. The molecule has 6 nitrogen and oxygen atoms in total. The second-order valence-corrected chi connectivity index (χ2v) is 5.64. The number of nitrogens with zero attached hydrogens (tertiary/aromatic N) is 4. The molecule has 2 heterocycles. The van der Waals surface area contributed by atoms with Crippen LogP contribution in [0.2, 0.25) is 0 Å². The molecule has 0 saturated heterocycles. The Labute approximate surface area is 147 Å². The van der Waals surface area contributed by atoms with E-state index in [0.717, 1.165) is 6.07 Å². The molecule has 0 aliphatic carbocycles. The van der Waals surface area contributed by atoms with Gasteiger partial charge in [0.1, 0.15) is 5.82 Å². The maximum Gasteiger partial charge on any atom is 0.417 e. The lowest BCUT2D eigenvalue weighted by Crippen LogP contribution is -2.12. The van der Waals surface area contributed by atoms with Crippen LogP contribution in [0.15, 0.2) is 42.5 Å². The Balaban J connectivity index is 1.94. The van der Waals surface area contributed by atoms with Crippen LogP contribution in [-0.2, 0) is 13.2 Å². The Bertz CT molecular complexity index is 923. The van der Waals surface area contributed by atoms with Gasteiger partial charge in [0.15, 0.2) is 17.8 Å². The van der Waals surface area contributed by atoms with Crippen molar-refractivity contribution in [3.63, 3.8) is 0 Å². The number of nitrogen functional groups attached to an aromatic ring is 1. The van der Waals surface area contributed by atoms with Crippen molar-refractivity contribution in [2.75, 3.05) is 5.73 Å². The van der Waals surface area contributed by atoms with Gasteiger partial charge >= 0.3 is 6.18 Å². The van der Waals surface area contributed by atoms with Crippen LogP contribution in [0.5, 0.6) is 5.88 Å². The third-order valence-electron chi connectivity index (χ3n) is 3.79. The van der Waals surface area contributed by atoms with Crippen molar-refractivity contribution in [3.05, 3.63) is 53.9 Å². The van der Waals surface area contributed by atoms with Crippen molar-refractivity contribution in [1.82, 2.24) is 19.7 Å². The van der Waals surface area contributed by atoms with E-state index < -0.39 is 17.8 Å². The van der Waals surface area contributed by atoms with Crippen molar-refractivity contribution < 1.29 is 17.9 Å². The number of pyridine rings is 1. The van der Waals surface area contributed by atoms with E-state index in [1.54, 1.807) is 32.2 Å². The first-order valence-electron chi connectivity index (χ1n) is 7.72. The van der Waals surface area contributed by atoms with Crippen molar-refractivity contribution in [2.24, 2.45) is 7.05 Å². The summed E-state index contributed by atoms with van der Waals surface area (Å²) in [5.41, 5.74) is 4.79. The molecule has 0 radical (unpaired) electrons. The van der Waals surface area contributed by atoms with E-state index in [1.807, 2.05) is 0 Å². The summed E-state index contributed by atoms with van der Waals surface area (Å²) >= 11 is 0. The molecule has 0 saturated carbocycles. The first-order valence-corrected chi connectivity index (χ1v) is 7.72. The number of alkyl halides is 3. The molecular weight excluding hydrogens is 347 g/mol. The van der Waals surface area contributed by atoms with Crippen LogP contribution < -0.4 is 10.5 Å². The minimum absolute atomic E-state index is 0.0458. The minimum Gasteiger partial charge on any atom is -0.466 e. The summed E-state index contributed by atoms with van der Waals surface area (Å²) in [5, 5.41) is 7.92. The van der Waals surface area contributed by atoms with Crippen LogP contribution in [0, 0.1) is 0 Å². The van der Waals surface area contributed by atoms with Crippen molar-refractivity contribution in [2.45, 2.75) is 19.2 Å². The first kappa shape index (κ1) is 17.7. The van der Waals surface area contributed by atoms with Crippen LogP contribution >= 0.6 is 0 Å². The average Bonchev–Trinajstić information content (AvgIpc) is 2.95. The van der Waals surface area contributed by atoms with Crippen LogP contribution in [0.4, 0.5) is 19.0 Å². The Kier molecular flexibility index (Phi) is 4.54. The molecule has 0 aliphatic heterocycles. The average molecular weight is 363 g/mol. The molecule has 136 valence electrons. The molecule has 2 N–H and O–H groups in total. The lowest BCUT2D eigenvalue weighted by molar-refractivity contribution is -0.137. The third-order valence-corrected chi connectivity index (χ3v) is 3.79. The highest BCUT2D eigenvalue weighted by Crippen LogP contribution is 2.36. The van der Waals surface area contributed by atoms with E-state index in [4.69, 9.17) is 10.5 Å². The van der Waals surface area contributed by atoms with E-state index in [9.17, 15) is 13.2 Å². The molecule has 0 fully saturated rings. The fourth-order valence-corrected chi connectivity index (χ4v) is 2.59. The summed E-state index contributed by atoms with van der Waals surface area (Å²) in [4.78, 5) is 4.03. The summed E-state index contributed by atoms with van der Waals surface area (Å²) < 4.78 is 46.9. The summed E-state index contributed by atoms with van der Waals surface area (Å²) in [7, 11) is 1.59. The van der Waals surface area contributed by atoms with Gasteiger partial charge in [0.25, 0.3) is 0 Å². The van der Waals surface area contributed by atoms with Crippen molar-refractivity contribution in [3.8, 4) is 17.3 Å². The van der Waals surface area contributed by atoms with Crippen LogP contribution in [0.1, 0.15) is 24.4 Å². The Morgan fingerprint density at radius 3 is 2.50 bits per heavy atom. The standard InChI is InChI=1S/C17H16F3N5O/c1-10(26-14-9-5-8-13(21)22-14)15-23-24-16(25(15)2)11-6-3-4-7-12(11)17(18,19)20/h3-10H,1-2H3,(H2,21,22)/t10-/m0/s1. The number of hydrogen-bond acceptors (Lipinski definition) is 5. The van der Waals surface area contributed by atoms with Gasteiger partial charge in [0.2, 0.25) is 5.88 Å². The summed E-state index contributed by atoms with van der Waals surface area (Å²) in [6.07, 6.45) is -5.08. The van der Waals surface area contributed by atoms with Gasteiger partial charge in [-0.05, 0) is 19.1 Å². The molecule has 3 rings (SSSR count). The highest BCUT2D eigenvalue weighted by Gasteiger charge is 2.34. The van der Waals surface area contributed by atoms with Gasteiger partial charge in [-0.15, -0.1) is 10.2 Å². The number of nitrogens with two attached hydrogens (primary N) is 1. The highest BCUT2D eigenvalue weighted by molar-refractivity contribution is 5.61. The molecule has 2 aromatic heterocycles. The molecule has 9 heteroatoms. The zero-order valence-electron chi connectivity index (χ0n) is 14.0. The Morgan fingerprint density at radius 2 is 1.81 bits per heavy atom. The predicted molar refractivity (Wildman–Crippen MR) is 89.1 cm³/mol. The maximum absolute atomic E-state index is 13.3. The zero-order chi connectivity index (χ0) is 18.9. The Hall–Kier alpha value is -3.10. The molecule has 26 heavy (non-hydrogen) atoms. The molecule has 0 unspecified atom stereocenters. The lowest BCUT2D eigenvalue weighted by Gasteiger charge is -2.15. The van der Waals surface area contributed by atoms with E-state index in [0.29, 0.717) is 11.6 Å². The van der Waals surface area contributed by atoms with Gasteiger partial charge in [-0.3, -0.25) is 0 Å². The third kappa shape index (κ3) is 3.46. The largest absolute Gasteiger partial charge is 0.466 e. The van der Waals surface area contributed by atoms with E-state index in [2.05, 4.69) is 15.2 Å². The zero-order valence-corrected chi connectivity index (χ0v) is 14.0. The molecule has 1 atom stereocenters. The van der Waals surface area contributed by atoms with Gasteiger partial charge in [-0.25, -0.2) is 0 Å². The topological polar surface area (TPSA) is 78.8 Å². The number of benzene rings is 1. The molecule has 0 bridgehead atoms. The van der Waals surface area contributed by atoms with Gasteiger partial charge < -0.3 is 15.0 Å². The SMILES string of the molecule is C[C@H](Oc1cccc(N)n1)c1nnc(-c2ccccc2C(F)(F)F)n1C. The van der Waals surface area contributed by atoms with E-state index in [1.165, 1.54) is 22.8 Å². The molecule has 0 spiro atoms. The highest BCUT2D eigenvalue weighted by atomic mass is 19.4. The lowest BCUT2D eigenvalue weighted by atomic mass is 10.1. The number of halogens is 3. The summed E-state index contributed by atoms with van der Waals surface area (Å²) in [5.74, 6) is 1.05. The number of anilines is 1. The maximum atomic E-state index is 13.3. The first-order chi connectivity index (χ1) is 12.3. The monoisotopic (exact) mass is 363 g/mol. The van der Waals surface area contributed by atoms with Crippen LogP contribution in [0.3, 0.4) is 0 Å². The second-order valence-electron chi connectivity index (χ2n) is 5.64. The fraction of sp³-hybridized carbons (Fsp3) is 0.235. The number of hydrogen-bond donors (Lipinski definition) is 1. The van der Waals surface area contributed by atoms with Crippen molar-refractivity contribution >= 4 is 5.82 Å². The normalized spacial score (nSPS) is 12.8. The van der Waals surface area contributed by atoms with Gasteiger partial charge in [-0.1, -0.05) is 24.3 Å². The molecule has 0 aliphatic rings. The number of aromatic nitrogens is 4. The van der Waals surface area contributed by atoms with Gasteiger partial charge in [-0.2, -0.15) is 18.2 Å². The molecule has 0 amide bonds. The van der Waals surface area contributed by atoms with Crippen LogP contribution in [0.25, 0.3) is 11.4 Å². The van der Waals surface area contributed by atoms with Crippen LogP contribution in [-0.4, -0.2) is 19.7 Å². The fourth-order valence-electron chi connectivity index (χ4n) is 2.59. The van der Waals surface area contributed by atoms with Crippen molar-refractivity contribution in [1.29, 1.82) is 0 Å². The summed E-state index contributed by atoms with van der Waals surface area (Å²) in [6.45, 7) is 1.70. The quantitative estimate of drug-likeness (QED) is 0.766. The van der Waals surface area contributed by atoms with Gasteiger partial charge in [0, 0.05) is 18.7 Å². The smallest absolute Gasteiger partial charge is 0.417 e. The Morgan fingerprint density at radius 1 is 1.08 bits per heavy atom.